The van der Waals surface area contributed by atoms with Gasteiger partial charge >= 0.3 is 7.82 Å². The smallest absolute Gasteiger partial charge is 0.493 e. The maximum absolute atomic E-state index is 12.6. The second-order valence-electron chi connectivity index (χ2n) is 11.8. The van der Waals surface area contributed by atoms with Gasteiger partial charge in [-0.25, -0.2) is 4.57 Å². The van der Waals surface area contributed by atoms with Crippen LogP contribution in [0.5, 0.6) is 17.2 Å². The summed E-state index contributed by atoms with van der Waals surface area (Å²) in [5.74, 6) is 1.64. The number of ether oxygens (including phenoxy) is 3. The average Bonchev–Trinajstić information content (AvgIpc) is 3.56. The third-order valence-corrected chi connectivity index (χ3v) is 9.36. The summed E-state index contributed by atoms with van der Waals surface area (Å²) in [7, 11) is -2.87. The minimum Gasteiger partial charge on any atom is -0.493 e. The van der Waals surface area contributed by atoms with Crippen molar-refractivity contribution >= 4 is 19.2 Å². The Hall–Kier alpha value is -2.42. The van der Waals surface area contributed by atoms with Gasteiger partial charge in [0.25, 0.3) is 0 Å². The molecule has 0 amide bonds. The molecule has 0 saturated heterocycles. The molecular formula is C36H55NO7PS+. The van der Waals surface area contributed by atoms with Crippen molar-refractivity contribution in [2.24, 2.45) is 0 Å². The van der Waals surface area contributed by atoms with E-state index in [0.717, 1.165) is 17.7 Å². The zero-order valence-corrected chi connectivity index (χ0v) is 29.6. The van der Waals surface area contributed by atoms with Crippen LogP contribution in [0.1, 0.15) is 102 Å². The van der Waals surface area contributed by atoms with Gasteiger partial charge in [0.15, 0.2) is 12.7 Å². The SMILES string of the molecule is CCCCCCCCCCCCCCCCOc1cccc(OCC(COP(=O)(O)Oc2cccc(C[n+]3ccsc3)c2)OC)c1. The van der Waals surface area contributed by atoms with Crippen LogP contribution in [0, 0.1) is 0 Å². The number of methoxy groups -OCH3 is 1. The second-order valence-corrected chi connectivity index (χ2v) is 13.9. The molecule has 0 spiro atoms. The summed E-state index contributed by atoms with van der Waals surface area (Å²) in [5.41, 5.74) is 2.93. The minimum atomic E-state index is -4.37. The largest absolute Gasteiger partial charge is 0.527 e. The third kappa shape index (κ3) is 16.9. The Morgan fingerprint density at radius 1 is 0.783 bits per heavy atom. The number of phosphoric acid groups is 1. The minimum absolute atomic E-state index is 0.131. The van der Waals surface area contributed by atoms with Gasteiger partial charge in [-0.2, -0.15) is 4.57 Å². The summed E-state index contributed by atoms with van der Waals surface area (Å²) in [6, 6.07) is 14.5. The van der Waals surface area contributed by atoms with Crippen LogP contribution in [0.25, 0.3) is 0 Å². The lowest BCUT2D eigenvalue weighted by atomic mass is 10.0. The Kier molecular flexibility index (Phi) is 19.0. The lowest BCUT2D eigenvalue weighted by Gasteiger charge is -2.19. The van der Waals surface area contributed by atoms with Crippen LogP contribution >= 0.6 is 19.2 Å². The normalized spacial score (nSPS) is 13.3. The van der Waals surface area contributed by atoms with E-state index < -0.39 is 13.9 Å². The molecule has 0 radical (unpaired) electrons. The highest BCUT2D eigenvalue weighted by molar-refractivity contribution is 7.47. The van der Waals surface area contributed by atoms with E-state index in [9.17, 15) is 9.46 Å². The maximum atomic E-state index is 12.6. The Bertz CT molecular complexity index is 1240. The Labute approximate surface area is 280 Å². The molecule has 0 fully saturated rings. The van der Waals surface area contributed by atoms with Crippen LogP contribution < -0.4 is 18.6 Å². The van der Waals surface area contributed by atoms with Crippen molar-refractivity contribution in [3.05, 3.63) is 71.2 Å². The first-order valence-electron chi connectivity index (χ1n) is 17.0. The molecule has 0 aliphatic rings. The van der Waals surface area contributed by atoms with E-state index >= 15 is 0 Å². The Morgan fingerprint density at radius 3 is 2.02 bits per heavy atom. The van der Waals surface area contributed by atoms with Crippen LogP contribution in [-0.2, 0) is 20.4 Å². The number of unbranched alkanes of at least 4 members (excludes halogenated alkanes) is 13. The molecule has 0 saturated carbocycles. The molecule has 0 bridgehead atoms. The van der Waals surface area contributed by atoms with Crippen molar-refractivity contribution in [1.82, 2.24) is 0 Å². The fraction of sp³-hybridized carbons (Fsp3) is 0.583. The number of thiazole rings is 1. The van der Waals surface area contributed by atoms with Crippen molar-refractivity contribution in [2.45, 2.75) is 109 Å². The monoisotopic (exact) mass is 676 g/mol. The van der Waals surface area contributed by atoms with Crippen molar-refractivity contribution in [2.75, 3.05) is 26.9 Å². The number of phosphoric ester groups is 1. The molecule has 2 unspecified atom stereocenters. The number of benzene rings is 2. The van der Waals surface area contributed by atoms with Crippen molar-refractivity contribution in [1.29, 1.82) is 0 Å². The summed E-state index contributed by atoms with van der Waals surface area (Å²) in [6.45, 7) is 3.54. The number of nitrogens with zero attached hydrogens (tertiary/aromatic N) is 1. The number of hydrogen-bond acceptors (Lipinski definition) is 7. The van der Waals surface area contributed by atoms with E-state index in [1.54, 1.807) is 29.5 Å². The van der Waals surface area contributed by atoms with Crippen molar-refractivity contribution < 1.29 is 37.3 Å². The van der Waals surface area contributed by atoms with E-state index in [1.807, 2.05) is 52.0 Å². The molecule has 1 aromatic heterocycles. The van der Waals surface area contributed by atoms with Crippen molar-refractivity contribution in [3.8, 4) is 17.2 Å². The van der Waals surface area contributed by atoms with E-state index in [-0.39, 0.29) is 19.0 Å². The van der Waals surface area contributed by atoms with Gasteiger partial charge in [0.2, 0.25) is 5.51 Å². The topological polar surface area (TPSA) is 87.3 Å². The summed E-state index contributed by atoms with van der Waals surface area (Å²) >= 11 is 1.60. The first kappa shape index (κ1) is 38.0. The lowest BCUT2D eigenvalue weighted by Crippen LogP contribution is -2.30. The first-order chi connectivity index (χ1) is 22.5. The molecule has 10 heteroatoms. The Balaban J connectivity index is 1.26. The molecule has 3 rings (SSSR count). The molecule has 0 aliphatic heterocycles. The number of rotatable bonds is 27. The standard InChI is InChI=1S/C36H54NO7PS/c1-3-4-5-6-7-8-9-10-11-12-13-14-15-16-24-41-33-20-18-21-34(27-33)42-29-36(40-2)30-43-45(38,39)44-35-22-17-19-32(26-35)28-37-23-25-46-31-37/h17-23,25-27,31,36H,3-16,24,28-30H2,1-2H3/p+1. The average molecular weight is 677 g/mol. The van der Waals surface area contributed by atoms with Gasteiger partial charge in [-0.05, 0) is 30.7 Å². The van der Waals surface area contributed by atoms with Gasteiger partial charge in [-0.3, -0.25) is 9.42 Å². The summed E-state index contributed by atoms with van der Waals surface area (Å²) < 4.78 is 42.4. The van der Waals surface area contributed by atoms with Crippen LogP contribution in [0.15, 0.2) is 65.6 Å². The highest BCUT2D eigenvalue weighted by atomic mass is 32.1. The molecule has 0 aliphatic carbocycles. The zero-order valence-electron chi connectivity index (χ0n) is 27.9. The van der Waals surface area contributed by atoms with Gasteiger partial charge in [0.05, 0.1) is 18.6 Å². The molecule has 1 N–H and O–H groups in total. The third-order valence-electron chi connectivity index (χ3n) is 7.78. The first-order valence-corrected chi connectivity index (χ1v) is 19.5. The quantitative estimate of drug-likeness (QED) is 0.0489. The van der Waals surface area contributed by atoms with Gasteiger partial charge < -0.3 is 18.7 Å². The fourth-order valence-corrected chi connectivity index (χ4v) is 6.50. The molecular weight excluding hydrogens is 621 g/mol. The summed E-state index contributed by atoms with van der Waals surface area (Å²) in [6.07, 6.45) is 20.0. The van der Waals surface area contributed by atoms with Gasteiger partial charge in [-0.15, -0.1) is 0 Å². The molecule has 2 atom stereocenters. The molecule has 2 aromatic carbocycles. The molecule has 8 nitrogen and oxygen atoms in total. The van der Waals surface area contributed by atoms with E-state index in [4.69, 9.17) is 23.3 Å². The van der Waals surface area contributed by atoms with Gasteiger partial charge in [0, 0.05) is 18.7 Å². The van der Waals surface area contributed by atoms with Crippen LogP contribution in [0.4, 0.5) is 0 Å². The number of aromatic nitrogens is 1. The highest BCUT2D eigenvalue weighted by Crippen LogP contribution is 2.44. The molecule has 3 aromatic rings. The molecule has 1 heterocycles. The van der Waals surface area contributed by atoms with E-state index in [2.05, 4.69) is 6.92 Å². The molecule has 256 valence electrons. The van der Waals surface area contributed by atoms with Crippen LogP contribution in [0.3, 0.4) is 0 Å². The Morgan fingerprint density at radius 2 is 1.39 bits per heavy atom. The fourth-order valence-electron chi connectivity index (χ4n) is 5.11. The zero-order chi connectivity index (χ0) is 32.7. The highest BCUT2D eigenvalue weighted by Gasteiger charge is 2.26. The maximum Gasteiger partial charge on any atom is 0.527 e. The second kappa shape index (κ2) is 23.0. The van der Waals surface area contributed by atoms with Crippen molar-refractivity contribution in [3.63, 3.8) is 0 Å². The van der Waals surface area contributed by atoms with Gasteiger partial charge in [0.1, 0.15) is 30.0 Å². The summed E-state index contributed by atoms with van der Waals surface area (Å²) in [4.78, 5) is 10.3. The lowest BCUT2D eigenvalue weighted by molar-refractivity contribution is -0.683. The summed E-state index contributed by atoms with van der Waals surface area (Å²) in [5, 5.41) is 1.98. The van der Waals surface area contributed by atoms with Gasteiger partial charge in [-0.1, -0.05) is 120 Å². The van der Waals surface area contributed by atoms with Crippen LogP contribution in [0.2, 0.25) is 0 Å². The van der Waals surface area contributed by atoms with Crippen LogP contribution in [-0.4, -0.2) is 37.9 Å². The number of hydrogen-bond donors (Lipinski definition) is 1. The van der Waals surface area contributed by atoms with E-state index in [0.29, 0.717) is 18.9 Å². The molecule has 46 heavy (non-hydrogen) atoms. The predicted octanol–water partition coefficient (Wildman–Crippen LogP) is 9.53. The predicted molar refractivity (Wildman–Crippen MR) is 185 cm³/mol. The van der Waals surface area contributed by atoms with E-state index in [1.165, 1.54) is 90.6 Å².